The highest BCUT2D eigenvalue weighted by Crippen LogP contribution is 2.37. The minimum absolute atomic E-state index is 0.204. The average Bonchev–Trinajstić information content (AvgIpc) is 3.26. The van der Waals surface area contributed by atoms with E-state index < -0.39 is 12.0 Å². The molecule has 0 saturated heterocycles. The summed E-state index contributed by atoms with van der Waals surface area (Å²) < 4.78 is 19.7. The Kier molecular flexibility index (Phi) is 8.77. The number of nitrogens with zero attached hydrogens (tertiary/aromatic N) is 2. The van der Waals surface area contributed by atoms with Crippen LogP contribution in [0.4, 0.5) is 0 Å². The summed E-state index contributed by atoms with van der Waals surface area (Å²) in [5, 5.41) is 0.551. The van der Waals surface area contributed by atoms with Crippen molar-refractivity contribution in [3.8, 4) is 11.5 Å². The third-order valence-electron chi connectivity index (χ3n) is 6.48. The van der Waals surface area contributed by atoms with Gasteiger partial charge in [-0.2, -0.15) is 0 Å². The molecule has 0 fully saturated rings. The lowest BCUT2D eigenvalue weighted by atomic mass is 9.96. The molecule has 2 heterocycles. The molecule has 210 valence electrons. The number of fused-ring (bicyclic) bond motifs is 1. The zero-order valence-corrected chi connectivity index (χ0v) is 25.7. The van der Waals surface area contributed by atoms with Crippen LogP contribution in [-0.4, -0.2) is 24.3 Å². The lowest BCUT2D eigenvalue weighted by molar-refractivity contribution is -0.139. The molecule has 5 rings (SSSR count). The fourth-order valence-corrected chi connectivity index (χ4v) is 6.34. The average molecular weight is 654 g/mol. The van der Waals surface area contributed by atoms with E-state index in [9.17, 15) is 9.59 Å². The number of carbonyl (C=O) groups is 1. The van der Waals surface area contributed by atoms with Gasteiger partial charge in [0, 0.05) is 5.02 Å². The van der Waals surface area contributed by atoms with Crippen LogP contribution in [0.2, 0.25) is 5.02 Å². The maximum absolute atomic E-state index is 13.9. The molecule has 1 aliphatic rings. The van der Waals surface area contributed by atoms with Crippen molar-refractivity contribution in [3.63, 3.8) is 0 Å². The van der Waals surface area contributed by atoms with Gasteiger partial charge in [-0.3, -0.25) is 9.36 Å². The van der Waals surface area contributed by atoms with Crippen LogP contribution in [0.15, 0.2) is 92.3 Å². The summed E-state index contributed by atoms with van der Waals surface area (Å²) >= 11 is 11.0. The molecule has 41 heavy (non-hydrogen) atoms. The SMILES string of the molecule is CCOC(=O)C1=C(C)N=c2sc(=Cc3cc(Br)c(OCc4ccccc4)c(OC)c3)c(=O)n2C1c1ccc(Cl)cc1. The molecule has 4 aromatic rings. The van der Waals surface area contributed by atoms with Crippen molar-refractivity contribution >= 4 is 50.9 Å². The highest BCUT2D eigenvalue weighted by molar-refractivity contribution is 9.10. The summed E-state index contributed by atoms with van der Waals surface area (Å²) in [6, 6.07) is 19.9. The number of ether oxygens (including phenoxy) is 3. The molecule has 0 amide bonds. The molecular formula is C31H26BrClN2O5S. The van der Waals surface area contributed by atoms with E-state index in [0.29, 0.717) is 48.2 Å². The molecule has 1 unspecified atom stereocenters. The van der Waals surface area contributed by atoms with Crippen molar-refractivity contribution in [3.05, 3.63) is 124 Å². The molecule has 10 heteroatoms. The first kappa shape index (κ1) is 28.9. The minimum Gasteiger partial charge on any atom is -0.493 e. The molecular weight excluding hydrogens is 628 g/mol. The van der Waals surface area contributed by atoms with Gasteiger partial charge in [-0.05, 0) is 76.8 Å². The monoisotopic (exact) mass is 652 g/mol. The molecule has 1 aromatic heterocycles. The van der Waals surface area contributed by atoms with Gasteiger partial charge in [0.1, 0.15) is 6.61 Å². The third kappa shape index (κ3) is 6.02. The molecule has 3 aromatic carbocycles. The molecule has 0 spiro atoms. The van der Waals surface area contributed by atoms with Crippen molar-refractivity contribution in [1.29, 1.82) is 0 Å². The number of carbonyl (C=O) groups excluding carboxylic acids is 1. The fraction of sp³-hybridized carbons (Fsp3) is 0.194. The van der Waals surface area contributed by atoms with Crippen molar-refractivity contribution in [2.75, 3.05) is 13.7 Å². The number of hydrogen-bond acceptors (Lipinski definition) is 7. The number of allylic oxidation sites excluding steroid dienone is 1. The Morgan fingerprint density at radius 3 is 2.56 bits per heavy atom. The number of hydrogen-bond donors (Lipinski definition) is 0. The van der Waals surface area contributed by atoms with Crippen LogP contribution >= 0.6 is 38.9 Å². The van der Waals surface area contributed by atoms with E-state index in [2.05, 4.69) is 20.9 Å². The minimum atomic E-state index is -0.709. The van der Waals surface area contributed by atoms with E-state index in [1.165, 1.54) is 11.3 Å². The van der Waals surface area contributed by atoms with E-state index >= 15 is 0 Å². The summed E-state index contributed by atoms with van der Waals surface area (Å²) in [5.74, 6) is 0.573. The van der Waals surface area contributed by atoms with Crippen LogP contribution in [-0.2, 0) is 16.1 Å². The van der Waals surface area contributed by atoms with Gasteiger partial charge >= 0.3 is 5.97 Å². The second-order valence-electron chi connectivity index (χ2n) is 9.16. The number of halogens is 2. The number of benzene rings is 3. The van der Waals surface area contributed by atoms with Gasteiger partial charge in [-0.25, -0.2) is 9.79 Å². The number of thiazole rings is 1. The van der Waals surface area contributed by atoms with E-state index in [4.69, 9.17) is 25.8 Å². The van der Waals surface area contributed by atoms with Crippen molar-refractivity contribution in [1.82, 2.24) is 4.57 Å². The normalized spacial score (nSPS) is 14.9. The maximum Gasteiger partial charge on any atom is 0.338 e. The number of aromatic nitrogens is 1. The van der Waals surface area contributed by atoms with Crippen LogP contribution in [0, 0.1) is 0 Å². The zero-order chi connectivity index (χ0) is 29.1. The molecule has 1 atom stereocenters. The Balaban J connectivity index is 1.58. The molecule has 0 saturated carbocycles. The van der Waals surface area contributed by atoms with E-state index in [1.54, 1.807) is 55.9 Å². The Morgan fingerprint density at radius 2 is 1.88 bits per heavy atom. The summed E-state index contributed by atoms with van der Waals surface area (Å²) in [7, 11) is 1.57. The largest absolute Gasteiger partial charge is 0.493 e. The maximum atomic E-state index is 13.9. The summed E-state index contributed by atoms with van der Waals surface area (Å²) in [6.07, 6.45) is 1.78. The summed E-state index contributed by atoms with van der Waals surface area (Å²) in [6.45, 7) is 4.07. The smallest absolute Gasteiger partial charge is 0.338 e. The molecule has 0 aliphatic carbocycles. The Morgan fingerprint density at radius 1 is 1.15 bits per heavy atom. The zero-order valence-electron chi connectivity index (χ0n) is 22.5. The van der Waals surface area contributed by atoms with Crippen molar-refractivity contribution in [2.45, 2.75) is 26.5 Å². The molecule has 7 nitrogen and oxygen atoms in total. The fourth-order valence-electron chi connectivity index (χ4n) is 4.60. The first-order valence-electron chi connectivity index (χ1n) is 12.8. The second kappa shape index (κ2) is 12.5. The third-order valence-corrected chi connectivity index (χ3v) is 8.30. The molecule has 0 N–H and O–H groups in total. The molecule has 1 aliphatic heterocycles. The van der Waals surface area contributed by atoms with E-state index in [-0.39, 0.29) is 12.2 Å². The van der Waals surface area contributed by atoms with Gasteiger partial charge in [0.25, 0.3) is 5.56 Å². The number of rotatable bonds is 8. The molecule has 0 radical (unpaired) electrons. The van der Waals surface area contributed by atoms with Gasteiger partial charge < -0.3 is 14.2 Å². The highest BCUT2D eigenvalue weighted by atomic mass is 79.9. The summed E-state index contributed by atoms with van der Waals surface area (Å²) in [4.78, 5) is 32.0. The van der Waals surface area contributed by atoms with E-state index in [1.807, 2.05) is 42.5 Å². The van der Waals surface area contributed by atoms with Gasteiger partial charge in [0.2, 0.25) is 0 Å². The predicted octanol–water partition coefficient (Wildman–Crippen LogP) is 5.80. The Hall–Kier alpha value is -3.66. The quantitative estimate of drug-likeness (QED) is 0.225. The summed E-state index contributed by atoms with van der Waals surface area (Å²) in [5.41, 5.74) is 3.03. The van der Waals surface area contributed by atoms with Crippen molar-refractivity contribution in [2.24, 2.45) is 4.99 Å². The lowest BCUT2D eigenvalue weighted by Crippen LogP contribution is -2.39. The van der Waals surface area contributed by atoms with Crippen LogP contribution in [0.1, 0.15) is 36.6 Å². The van der Waals surface area contributed by atoms with E-state index in [0.717, 1.165) is 16.7 Å². The van der Waals surface area contributed by atoms with Crippen LogP contribution in [0.5, 0.6) is 11.5 Å². The Bertz CT molecular complexity index is 1810. The highest BCUT2D eigenvalue weighted by Gasteiger charge is 2.33. The lowest BCUT2D eigenvalue weighted by Gasteiger charge is -2.24. The van der Waals surface area contributed by atoms with Gasteiger partial charge in [0.05, 0.1) is 40.0 Å². The molecule has 0 bridgehead atoms. The topological polar surface area (TPSA) is 79.1 Å². The van der Waals surface area contributed by atoms with Crippen molar-refractivity contribution < 1.29 is 19.0 Å². The van der Waals surface area contributed by atoms with Crippen LogP contribution in [0.25, 0.3) is 6.08 Å². The Labute approximate surface area is 254 Å². The van der Waals surface area contributed by atoms with Crippen LogP contribution < -0.4 is 24.4 Å². The van der Waals surface area contributed by atoms with Gasteiger partial charge in [-0.15, -0.1) is 0 Å². The van der Waals surface area contributed by atoms with Gasteiger partial charge in [0.15, 0.2) is 16.3 Å². The number of methoxy groups -OCH3 is 1. The van der Waals surface area contributed by atoms with Crippen LogP contribution in [0.3, 0.4) is 0 Å². The first-order chi connectivity index (χ1) is 19.8. The first-order valence-corrected chi connectivity index (χ1v) is 14.8. The standard InChI is InChI=1S/C31H26BrClN2O5S/c1-4-39-30(37)26-18(2)34-31-35(27(26)21-10-12-22(33)13-11-21)29(36)25(41-31)16-20-14-23(32)28(24(15-20)38-3)40-17-19-8-6-5-7-9-19/h5-16,27H,4,17H2,1-3H3. The number of esters is 1. The van der Waals surface area contributed by atoms with Gasteiger partial charge in [-0.1, -0.05) is 65.4 Å². The second-order valence-corrected chi connectivity index (χ2v) is 11.5. The predicted molar refractivity (Wildman–Crippen MR) is 163 cm³/mol.